The van der Waals surface area contributed by atoms with E-state index in [4.69, 9.17) is 21.1 Å². The number of urea groups is 1. The Labute approximate surface area is 138 Å². The molecule has 1 aliphatic rings. The van der Waals surface area contributed by atoms with Crippen molar-refractivity contribution < 1.29 is 29.6 Å². The van der Waals surface area contributed by atoms with Crippen LogP contribution in [-0.2, 0) is 9.47 Å². The highest BCUT2D eigenvalue weighted by Gasteiger charge is 2.43. The van der Waals surface area contributed by atoms with Gasteiger partial charge in [0, 0.05) is 13.0 Å². The van der Waals surface area contributed by atoms with Crippen LogP contribution in [0.2, 0.25) is 0 Å². The number of nitrogens with zero attached hydrogens (tertiary/aromatic N) is 3. The molecule has 1 aliphatic heterocycles. The first-order valence-electron chi connectivity index (χ1n) is 7.03. The van der Waals surface area contributed by atoms with E-state index in [9.17, 15) is 25.0 Å². The molecular weight excluding hydrogens is 334 g/mol. The van der Waals surface area contributed by atoms with Crippen molar-refractivity contribution in [3.63, 3.8) is 0 Å². The number of rotatable bonds is 7. The van der Waals surface area contributed by atoms with E-state index in [1.807, 2.05) is 0 Å². The fourth-order valence-electron chi connectivity index (χ4n) is 2.11. The van der Waals surface area contributed by atoms with Gasteiger partial charge >= 0.3 is 6.03 Å². The predicted molar refractivity (Wildman–Crippen MR) is 79.6 cm³/mol. The molecule has 2 unspecified atom stereocenters. The predicted octanol–water partition coefficient (Wildman–Crippen LogP) is -0.895. The lowest BCUT2D eigenvalue weighted by atomic mass is 10.0. The summed E-state index contributed by atoms with van der Waals surface area (Å²) in [4.78, 5) is 24.3. The molecule has 5 atom stereocenters. The Morgan fingerprint density at radius 2 is 2.09 bits per heavy atom. The Morgan fingerprint density at radius 3 is 2.61 bits per heavy atom. The van der Waals surface area contributed by atoms with Crippen LogP contribution in [0.4, 0.5) is 4.79 Å². The molecule has 10 nitrogen and oxygen atoms in total. The molecule has 0 bridgehead atoms. The van der Waals surface area contributed by atoms with Gasteiger partial charge in [0.1, 0.15) is 18.3 Å². The third-order valence-electron chi connectivity index (χ3n) is 3.50. The van der Waals surface area contributed by atoms with Crippen molar-refractivity contribution in [2.24, 2.45) is 5.29 Å². The van der Waals surface area contributed by atoms with Crippen molar-refractivity contribution in [1.29, 1.82) is 0 Å². The molecule has 0 spiro atoms. The third kappa shape index (κ3) is 4.96. The van der Waals surface area contributed by atoms with Crippen LogP contribution in [0.25, 0.3) is 0 Å². The fourth-order valence-corrected chi connectivity index (χ4v) is 2.27. The van der Waals surface area contributed by atoms with E-state index in [0.29, 0.717) is 5.01 Å². The van der Waals surface area contributed by atoms with Crippen molar-refractivity contribution in [1.82, 2.24) is 9.91 Å². The molecule has 1 fully saturated rings. The number of aliphatic hydroxyl groups is 3. The van der Waals surface area contributed by atoms with E-state index in [1.165, 1.54) is 7.11 Å². The number of methoxy groups -OCH3 is 1. The van der Waals surface area contributed by atoms with E-state index in [1.54, 1.807) is 6.92 Å². The normalized spacial score (nSPS) is 29.0. The van der Waals surface area contributed by atoms with Gasteiger partial charge in [-0.25, -0.2) is 4.79 Å². The number of carbonyl (C=O) groups is 1. The molecule has 0 aromatic heterocycles. The summed E-state index contributed by atoms with van der Waals surface area (Å²) >= 11 is 5.52. The van der Waals surface area contributed by atoms with Crippen molar-refractivity contribution in [3.05, 3.63) is 4.91 Å². The Morgan fingerprint density at radius 1 is 1.43 bits per heavy atom. The van der Waals surface area contributed by atoms with Gasteiger partial charge in [-0.3, -0.25) is 4.90 Å². The van der Waals surface area contributed by atoms with Crippen molar-refractivity contribution in [2.75, 3.05) is 32.7 Å². The molecule has 1 rings (SSSR count). The highest BCUT2D eigenvalue weighted by molar-refractivity contribution is 6.18. The van der Waals surface area contributed by atoms with Crippen LogP contribution in [0.3, 0.4) is 0 Å². The maximum absolute atomic E-state index is 12.5. The first kappa shape index (κ1) is 20.0. The SMILES string of the molecule is COC(C)CN(C(=O)N(CCCl)N=O)C1OC[C@H](O)[C@H](O)[C@H]1O. The van der Waals surface area contributed by atoms with Crippen LogP contribution < -0.4 is 0 Å². The minimum absolute atomic E-state index is 0.0133. The van der Waals surface area contributed by atoms with Gasteiger partial charge in [0.2, 0.25) is 0 Å². The van der Waals surface area contributed by atoms with Crippen LogP contribution in [0.5, 0.6) is 0 Å². The van der Waals surface area contributed by atoms with E-state index >= 15 is 0 Å². The molecular formula is C12H22ClN3O7. The molecule has 1 heterocycles. The number of amides is 2. The van der Waals surface area contributed by atoms with Gasteiger partial charge in [0.25, 0.3) is 0 Å². The molecule has 0 aromatic carbocycles. The van der Waals surface area contributed by atoms with Crippen LogP contribution in [0.15, 0.2) is 5.29 Å². The summed E-state index contributed by atoms with van der Waals surface area (Å²) in [6.45, 7) is 1.23. The largest absolute Gasteiger partial charge is 0.388 e. The summed E-state index contributed by atoms with van der Waals surface area (Å²) in [5.41, 5.74) is 0. The average molecular weight is 356 g/mol. The molecule has 23 heavy (non-hydrogen) atoms. The van der Waals surface area contributed by atoms with Crippen LogP contribution in [0.1, 0.15) is 6.92 Å². The number of alkyl halides is 1. The first-order chi connectivity index (χ1) is 10.9. The van der Waals surface area contributed by atoms with Gasteiger partial charge in [-0.05, 0) is 6.92 Å². The van der Waals surface area contributed by atoms with Crippen molar-refractivity contribution >= 4 is 17.6 Å². The number of hydrogen-bond donors (Lipinski definition) is 3. The first-order valence-corrected chi connectivity index (χ1v) is 7.56. The van der Waals surface area contributed by atoms with E-state index < -0.39 is 36.7 Å². The van der Waals surface area contributed by atoms with Gasteiger partial charge in [-0.1, -0.05) is 0 Å². The minimum Gasteiger partial charge on any atom is -0.388 e. The molecule has 0 aliphatic carbocycles. The minimum atomic E-state index is -1.56. The third-order valence-corrected chi connectivity index (χ3v) is 3.67. The summed E-state index contributed by atoms with van der Waals surface area (Å²) in [6, 6.07) is -0.850. The molecule has 11 heteroatoms. The Hall–Kier alpha value is -1.04. The topological polar surface area (TPSA) is 132 Å². The van der Waals surface area contributed by atoms with Gasteiger partial charge in [0.05, 0.1) is 31.1 Å². The van der Waals surface area contributed by atoms with Gasteiger partial charge in [-0.15, -0.1) is 16.5 Å². The lowest BCUT2D eigenvalue weighted by Gasteiger charge is -2.42. The van der Waals surface area contributed by atoms with Crippen LogP contribution in [-0.4, -0.2) is 94.6 Å². The second kappa shape index (κ2) is 9.30. The summed E-state index contributed by atoms with van der Waals surface area (Å²) < 4.78 is 10.3. The number of ether oxygens (including phenoxy) is 2. The average Bonchev–Trinajstić information content (AvgIpc) is 2.55. The number of aliphatic hydroxyl groups excluding tert-OH is 3. The van der Waals surface area contributed by atoms with E-state index in [-0.39, 0.29) is 25.6 Å². The van der Waals surface area contributed by atoms with Gasteiger partial charge < -0.3 is 24.8 Å². The quantitative estimate of drug-likeness (QED) is 0.306. The molecule has 3 N–H and O–H groups in total. The summed E-state index contributed by atoms with van der Waals surface area (Å²) in [6.07, 6.45) is -6.04. The zero-order chi connectivity index (χ0) is 17.6. The maximum atomic E-state index is 12.5. The van der Waals surface area contributed by atoms with Gasteiger partial charge in [-0.2, -0.15) is 5.01 Å². The highest BCUT2D eigenvalue weighted by atomic mass is 35.5. The number of hydrogen-bond acceptors (Lipinski definition) is 8. The lowest BCUT2D eigenvalue weighted by Crippen LogP contribution is -2.62. The summed E-state index contributed by atoms with van der Waals surface area (Å²) in [7, 11) is 1.43. The number of nitroso groups, excluding NO2 is 1. The molecule has 0 radical (unpaired) electrons. The Kier molecular flexibility index (Phi) is 8.09. The van der Waals surface area contributed by atoms with Crippen molar-refractivity contribution in [2.45, 2.75) is 37.6 Å². The standard InChI is InChI=1S/C12H22ClN3O7/c1-7(22-2)5-15(12(20)16(14-21)4-3-13)11-10(19)9(18)8(17)6-23-11/h7-11,17-19H,3-6H2,1-2H3/t7?,8-,9-,10+,11?/m0/s1. The molecule has 0 aromatic rings. The smallest absolute Gasteiger partial charge is 0.345 e. The summed E-state index contributed by atoms with van der Waals surface area (Å²) in [5.74, 6) is -0.0133. The maximum Gasteiger partial charge on any atom is 0.345 e. The second-order valence-electron chi connectivity index (χ2n) is 5.15. The summed E-state index contributed by atoms with van der Waals surface area (Å²) in [5, 5.41) is 32.5. The zero-order valence-corrected chi connectivity index (χ0v) is 13.7. The molecule has 2 amide bonds. The van der Waals surface area contributed by atoms with E-state index in [2.05, 4.69) is 5.29 Å². The lowest BCUT2D eigenvalue weighted by molar-refractivity contribution is -0.222. The molecule has 0 saturated carbocycles. The second-order valence-corrected chi connectivity index (χ2v) is 5.53. The number of halogens is 1. The van der Waals surface area contributed by atoms with Gasteiger partial charge in [0.15, 0.2) is 6.23 Å². The Balaban J connectivity index is 2.99. The monoisotopic (exact) mass is 355 g/mol. The van der Waals surface area contributed by atoms with Crippen molar-refractivity contribution in [3.8, 4) is 0 Å². The Bertz CT molecular complexity index is 403. The zero-order valence-electron chi connectivity index (χ0n) is 12.9. The highest BCUT2D eigenvalue weighted by Crippen LogP contribution is 2.21. The fraction of sp³-hybridized carbons (Fsp3) is 0.917. The van der Waals surface area contributed by atoms with Crippen LogP contribution >= 0.6 is 11.6 Å². The molecule has 134 valence electrons. The molecule has 1 saturated heterocycles. The van der Waals surface area contributed by atoms with Crippen LogP contribution in [0, 0.1) is 4.91 Å². The van der Waals surface area contributed by atoms with E-state index in [0.717, 1.165) is 4.90 Å². The number of carbonyl (C=O) groups excluding carboxylic acids is 1.